The summed E-state index contributed by atoms with van der Waals surface area (Å²) >= 11 is 0. The Morgan fingerprint density at radius 1 is 1.25 bits per heavy atom. The molecule has 1 saturated carbocycles. The molecular formula is C15H15FN2O2. The molecule has 1 aromatic carbocycles. The Hall–Kier alpha value is -1.75. The average Bonchev–Trinajstić information content (AvgIpc) is 2.93. The van der Waals surface area contributed by atoms with Crippen LogP contribution in [-0.2, 0) is 10.2 Å². The molecule has 1 aliphatic carbocycles. The first-order chi connectivity index (χ1) is 9.79. The van der Waals surface area contributed by atoms with Crippen molar-refractivity contribution < 1.29 is 13.7 Å². The van der Waals surface area contributed by atoms with Gasteiger partial charge in [-0.05, 0) is 25.3 Å². The molecule has 4 nitrogen and oxygen atoms in total. The third-order valence-corrected chi connectivity index (χ3v) is 4.29. The Balaban J connectivity index is 1.69. The number of benzene rings is 1. The molecule has 4 rings (SSSR count). The van der Waals surface area contributed by atoms with Gasteiger partial charge in [0.25, 0.3) is 0 Å². The normalized spacial score (nSPS) is 23.9. The van der Waals surface area contributed by atoms with Gasteiger partial charge in [-0.3, -0.25) is 0 Å². The van der Waals surface area contributed by atoms with Crippen LogP contribution in [0.1, 0.15) is 42.5 Å². The maximum absolute atomic E-state index is 14.0. The topological polar surface area (TPSA) is 48.2 Å². The van der Waals surface area contributed by atoms with Gasteiger partial charge in [0.05, 0.1) is 12.0 Å². The predicted octanol–water partition coefficient (Wildman–Crippen LogP) is 2.79. The number of hydrogen-bond acceptors (Lipinski definition) is 4. The minimum absolute atomic E-state index is 0.200. The van der Waals surface area contributed by atoms with Crippen LogP contribution < -0.4 is 0 Å². The highest BCUT2D eigenvalue weighted by Crippen LogP contribution is 2.53. The minimum Gasteiger partial charge on any atom is -0.381 e. The molecule has 2 heterocycles. The molecule has 1 atom stereocenters. The van der Waals surface area contributed by atoms with E-state index in [0.717, 1.165) is 25.9 Å². The van der Waals surface area contributed by atoms with Crippen molar-refractivity contribution in [2.75, 3.05) is 13.2 Å². The van der Waals surface area contributed by atoms with Gasteiger partial charge in [-0.1, -0.05) is 23.4 Å². The standard InChI is InChI=1S/C15H15FN2O2/c16-12-4-2-1-3-11(12)15(6-7-15)14-17-13(18-20-14)10-5-8-19-9-10/h1-4,10H,5-9H2/t10-/m0/s1. The number of ether oxygens (including phenoxy) is 1. The number of rotatable bonds is 3. The van der Waals surface area contributed by atoms with Crippen molar-refractivity contribution in [1.29, 1.82) is 0 Å². The maximum Gasteiger partial charge on any atom is 0.237 e. The molecule has 2 aliphatic rings. The second-order valence-corrected chi connectivity index (χ2v) is 5.58. The van der Waals surface area contributed by atoms with Crippen molar-refractivity contribution in [1.82, 2.24) is 10.1 Å². The van der Waals surface area contributed by atoms with Gasteiger partial charge in [0.15, 0.2) is 5.82 Å². The summed E-state index contributed by atoms with van der Waals surface area (Å²) in [5, 5.41) is 4.07. The van der Waals surface area contributed by atoms with Crippen LogP contribution in [0.25, 0.3) is 0 Å². The van der Waals surface area contributed by atoms with Crippen LogP contribution in [0.2, 0.25) is 0 Å². The van der Waals surface area contributed by atoms with Gasteiger partial charge in [-0.2, -0.15) is 4.98 Å². The number of hydrogen-bond donors (Lipinski definition) is 0. The molecule has 1 aromatic heterocycles. The lowest BCUT2D eigenvalue weighted by atomic mass is 9.95. The van der Waals surface area contributed by atoms with Crippen LogP contribution in [0.5, 0.6) is 0 Å². The van der Waals surface area contributed by atoms with Crippen LogP contribution in [0.4, 0.5) is 4.39 Å². The van der Waals surface area contributed by atoms with Gasteiger partial charge in [0.1, 0.15) is 5.82 Å². The quantitative estimate of drug-likeness (QED) is 0.863. The molecule has 104 valence electrons. The van der Waals surface area contributed by atoms with Crippen LogP contribution in [0.15, 0.2) is 28.8 Å². The van der Waals surface area contributed by atoms with E-state index in [0.29, 0.717) is 23.9 Å². The molecule has 5 heteroatoms. The summed E-state index contributed by atoms with van der Waals surface area (Å²) in [5.41, 5.74) is 0.258. The minimum atomic E-state index is -0.407. The summed E-state index contributed by atoms with van der Waals surface area (Å²) in [7, 11) is 0. The molecule has 1 saturated heterocycles. The smallest absolute Gasteiger partial charge is 0.237 e. The van der Waals surface area contributed by atoms with E-state index in [4.69, 9.17) is 9.26 Å². The summed E-state index contributed by atoms with van der Waals surface area (Å²) in [4.78, 5) is 4.52. The zero-order valence-electron chi connectivity index (χ0n) is 11.0. The van der Waals surface area contributed by atoms with E-state index in [1.807, 2.05) is 12.1 Å². The molecule has 20 heavy (non-hydrogen) atoms. The maximum atomic E-state index is 14.0. The van der Waals surface area contributed by atoms with E-state index in [9.17, 15) is 4.39 Å². The summed E-state index contributed by atoms with van der Waals surface area (Å²) < 4.78 is 24.8. The van der Waals surface area contributed by atoms with E-state index < -0.39 is 5.41 Å². The summed E-state index contributed by atoms with van der Waals surface area (Å²) in [6.07, 6.45) is 2.64. The van der Waals surface area contributed by atoms with E-state index in [2.05, 4.69) is 10.1 Å². The van der Waals surface area contributed by atoms with E-state index in [1.165, 1.54) is 6.07 Å². The van der Waals surface area contributed by atoms with Crippen LogP contribution in [0.3, 0.4) is 0 Å². The second kappa shape index (κ2) is 4.38. The zero-order chi connectivity index (χ0) is 13.6. The third kappa shape index (κ3) is 1.77. The van der Waals surface area contributed by atoms with Crippen molar-refractivity contribution in [3.05, 3.63) is 47.4 Å². The monoisotopic (exact) mass is 274 g/mol. The van der Waals surface area contributed by atoms with E-state index in [-0.39, 0.29) is 11.7 Å². The third-order valence-electron chi connectivity index (χ3n) is 4.29. The number of aromatic nitrogens is 2. The Morgan fingerprint density at radius 2 is 2.10 bits per heavy atom. The van der Waals surface area contributed by atoms with Crippen molar-refractivity contribution in [3.63, 3.8) is 0 Å². The van der Waals surface area contributed by atoms with Gasteiger partial charge < -0.3 is 9.26 Å². The number of halogens is 1. The molecule has 0 amide bonds. The molecule has 1 aliphatic heterocycles. The Kier molecular flexibility index (Phi) is 2.63. The molecule has 0 unspecified atom stereocenters. The fourth-order valence-electron chi connectivity index (χ4n) is 2.91. The van der Waals surface area contributed by atoms with Crippen molar-refractivity contribution >= 4 is 0 Å². The molecular weight excluding hydrogens is 259 g/mol. The fourth-order valence-corrected chi connectivity index (χ4v) is 2.91. The van der Waals surface area contributed by atoms with Crippen molar-refractivity contribution in [3.8, 4) is 0 Å². The van der Waals surface area contributed by atoms with Crippen LogP contribution in [-0.4, -0.2) is 23.4 Å². The van der Waals surface area contributed by atoms with Crippen molar-refractivity contribution in [2.24, 2.45) is 0 Å². The Bertz CT molecular complexity index is 630. The van der Waals surface area contributed by atoms with E-state index in [1.54, 1.807) is 6.07 Å². The lowest BCUT2D eigenvalue weighted by Crippen LogP contribution is -2.12. The SMILES string of the molecule is Fc1ccccc1C1(c2nc([C@H]3CCOC3)no2)CC1. The lowest BCUT2D eigenvalue weighted by Gasteiger charge is -2.11. The average molecular weight is 274 g/mol. The zero-order valence-corrected chi connectivity index (χ0v) is 11.0. The molecule has 0 bridgehead atoms. The highest BCUT2D eigenvalue weighted by Gasteiger charge is 2.52. The fraction of sp³-hybridized carbons (Fsp3) is 0.467. The van der Waals surface area contributed by atoms with Gasteiger partial charge in [-0.25, -0.2) is 4.39 Å². The highest BCUT2D eigenvalue weighted by molar-refractivity contribution is 5.39. The number of nitrogens with zero attached hydrogens (tertiary/aromatic N) is 2. The Morgan fingerprint density at radius 3 is 2.80 bits per heavy atom. The van der Waals surface area contributed by atoms with Gasteiger partial charge >= 0.3 is 0 Å². The lowest BCUT2D eigenvalue weighted by molar-refractivity contribution is 0.192. The first-order valence-electron chi connectivity index (χ1n) is 6.96. The molecule has 0 N–H and O–H groups in total. The molecule has 2 fully saturated rings. The molecule has 0 spiro atoms. The first-order valence-corrected chi connectivity index (χ1v) is 6.96. The summed E-state index contributed by atoms with van der Waals surface area (Å²) in [5.74, 6) is 1.25. The van der Waals surface area contributed by atoms with Gasteiger partial charge in [0, 0.05) is 18.1 Å². The van der Waals surface area contributed by atoms with Crippen LogP contribution >= 0.6 is 0 Å². The molecule has 0 radical (unpaired) electrons. The van der Waals surface area contributed by atoms with Crippen molar-refractivity contribution in [2.45, 2.75) is 30.6 Å². The highest BCUT2D eigenvalue weighted by atomic mass is 19.1. The van der Waals surface area contributed by atoms with Crippen LogP contribution in [0, 0.1) is 5.82 Å². The summed E-state index contributed by atoms with van der Waals surface area (Å²) in [6, 6.07) is 6.84. The second-order valence-electron chi connectivity index (χ2n) is 5.58. The van der Waals surface area contributed by atoms with Gasteiger partial charge in [-0.15, -0.1) is 0 Å². The summed E-state index contributed by atoms with van der Waals surface area (Å²) in [6.45, 7) is 1.39. The Labute approximate surface area is 115 Å². The first kappa shape index (κ1) is 12.0. The van der Waals surface area contributed by atoms with Gasteiger partial charge in [0.2, 0.25) is 5.89 Å². The van der Waals surface area contributed by atoms with E-state index >= 15 is 0 Å². The molecule has 2 aromatic rings. The predicted molar refractivity (Wildman–Crippen MR) is 68.9 cm³/mol. The largest absolute Gasteiger partial charge is 0.381 e.